The summed E-state index contributed by atoms with van der Waals surface area (Å²) in [5.41, 5.74) is 5.66. The van der Waals surface area contributed by atoms with Gasteiger partial charge in [0, 0.05) is 19.5 Å². The summed E-state index contributed by atoms with van der Waals surface area (Å²) in [5, 5.41) is 0. The monoisotopic (exact) mass is 276 g/mol. The summed E-state index contributed by atoms with van der Waals surface area (Å²) in [6, 6.07) is 0. The summed E-state index contributed by atoms with van der Waals surface area (Å²) in [6.45, 7) is 13.3. The average molecular weight is 276 g/mol. The molecule has 0 N–H and O–H groups in total. The highest BCUT2D eigenvalue weighted by molar-refractivity contribution is 7.12. The van der Waals surface area contributed by atoms with Crippen molar-refractivity contribution in [1.82, 2.24) is 0 Å². The van der Waals surface area contributed by atoms with Gasteiger partial charge in [0.2, 0.25) is 0 Å². The third kappa shape index (κ3) is 2.32. The Morgan fingerprint density at radius 2 is 0.889 bits per heavy atom. The lowest BCUT2D eigenvalue weighted by Crippen LogP contribution is -1.80. The lowest BCUT2D eigenvalue weighted by molar-refractivity contribution is 1.40. The molecule has 0 aromatic carbocycles. The van der Waals surface area contributed by atoms with Crippen LogP contribution in [-0.2, 0) is 0 Å². The highest BCUT2D eigenvalue weighted by Gasteiger charge is 2.08. The second-order valence-corrected chi connectivity index (χ2v) is 7.70. The van der Waals surface area contributed by atoms with Crippen LogP contribution in [0, 0.1) is 41.5 Å². The maximum Gasteiger partial charge on any atom is 0.00921 e. The van der Waals surface area contributed by atoms with Gasteiger partial charge in [0.15, 0.2) is 0 Å². The van der Waals surface area contributed by atoms with Gasteiger partial charge >= 0.3 is 0 Å². The molecule has 0 saturated heterocycles. The van der Waals surface area contributed by atoms with Crippen molar-refractivity contribution in [3.8, 4) is 0 Å². The molecule has 2 heterocycles. The summed E-state index contributed by atoms with van der Waals surface area (Å²) in [6.07, 6.45) is 4.57. The number of thiophene rings is 2. The van der Waals surface area contributed by atoms with E-state index in [2.05, 4.69) is 53.7 Å². The van der Waals surface area contributed by atoms with Crippen LogP contribution in [0.15, 0.2) is 0 Å². The Morgan fingerprint density at radius 3 is 1.11 bits per heavy atom. The fraction of sp³-hybridized carbons (Fsp3) is 0.375. The second-order valence-electron chi connectivity index (χ2n) is 4.84. The van der Waals surface area contributed by atoms with Gasteiger partial charge < -0.3 is 0 Å². The van der Waals surface area contributed by atoms with E-state index in [4.69, 9.17) is 0 Å². The zero-order valence-electron chi connectivity index (χ0n) is 12.0. The van der Waals surface area contributed by atoms with E-state index in [-0.39, 0.29) is 0 Å². The summed E-state index contributed by atoms with van der Waals surface area (Å²) in [5.74, 6) is 0. The first-order valence-electron chi connectivity index (χ1n) is 6.23. The fourth-order valence-electron chi connectivity index (χ4n) is 2.28. The Hall–Kier alpha value is -0.860. The van der Waals surface area contributed by atoms with Gasteiger partial charge in [-0.2, -0.15) is 0 Å². The predicted molar refractivity (Wildman–Crippen MR) is 86.0 cm³/mol. The van der Waals surface area contributed by atoms with Gasteiger partial charge in [-0.05, 0) is 63.8 Å². The van der Waals surface area contributed by atoms with Crippen molar-refractivity contribution >= 4 is 34.8 Å². The van der Waals surface area contributed by atoms with Crippen molar-refractivity contribution in [1.29, 1.82) is 0 Å². The molecule has 0 radical (unpaired) electrons. The van der Waals surface area contributed by atoms with Crippen LogP contribution in [0.5, 0.6) is 0 Å². The third-order valence-corrected chi connectivity index (χ3v) is 5.93. The standard InChI is InChI=1S/C16H20S2/c1-9-11(3)17-13(5)15(9)7-8-16-10(2)12(4)18-14(16)6/h7-8H,1-6H3/b8-7-. The third-order valence-electron chi connectivity index (χ3n) is 3.65. The molecule has 2 rings (SSSR count). The zero-order chi connectivity index (χ0) is 13.4. The first-order valence-corrected chi connectivity index (χ1v) is 7.86. The molecule has 96 valence electrons. The van der Waals surface area contributed by atoms with E-state index in [1.807, 2.05) is 22.7 Å². The molecule has 0 aliphatic rings. The molecule has 0 aliphatic heterocycles. The van der Waals surface area contributed by atoms with Crippen LogP contribution in [0.2, 0.25) is 0 Å². The molecule has 18 heavy (non-hydrogen) atoms. The van der Waals surface area contributed by atoms with Crippen LogP contribution < -0.4 is 0 Å². The van der Waals surface area contributed by atoms with Gasteiger partial charge in [0.25, 0.3) is 0 Å². The summed E-state index contributed by atoms with van der Waals surface area (Å²) >= 11 is 3.79. The molecule has 0 nitrogen and oxygen atoms in total. The highest BCUT2D eigenvalue weighted by atomic mass is 32.1. The molecule has 0 atom stereocenters. The van der Waals surface area contributed by atoms with E-state index < -0.39 is 0 Å². The fourth-order valence-corrected chi connectivity index (χ4v) is 4.39. The van der Waals surface area contributed by atoms with E-state index >= 15 is 0 Å². The number of aryl methyl sites for hydroxylation is 4. The number of hydrogen-bond acceptors (Lipinski definition) is 2. The Balaban J connectivity index is 2.42. The van der Waals surface area contributed by atoms with Crippen molar-refractivity contribution in [2.24, 2.45) is 0 Å². The minimum absolute atomic E-state index is 1.40. The first-order chi connectivity index (χ1) is 8.41. The van der Waals surface area contributed by atoms with Gasteiger partial charge in [0.1, 0.15) is 0 Å². The van der Waals surface area contributed by atoms with Crippen LogP contribution >= 0.6 is 22.7 Å². The van der Waals surface area contributed by atoms with Crippen LogP contribution in [0.4, 0.5) is 0 Å². The minimum Gasteiger partial charge on any atom is -0.145 e. The number of rotatable bonds is 2. The van der Waals surface area contributed by atoms with Gasteiger partial charge in [-0.1, -0.05) is 12.2 Å². The lowest BCUT2D eigenvalue weighted by atomic mass is 10.1. The van der Waals surface area contributed by atoms with Crippen molar-refractivity contribution in [2.75, 3.05) is 0 Å². The van der Waals surface area contributed by atoms with Gasteiger partial charge in [-0.3, -0.25) is 0 Å². The van der Waals surface area contributed by atoms with Crippen molar-refractivity contribution in [2.45, 2.75) is 41.5 Å². The maximum absolute atomic E-state index is 2.29. The Labute approximate surface area is 118 Å². The van der Waals surface area contributed by atoms with Crippen LogP contribution in [0.3, 0.4) is 0 Å². The molecule has 2 aromatic heterocycles. The van der Waals surface area contributed by atoms with Crippen LogP contribution in [0.25, 0.3) is 12.2 Å². The van der Waals surface area contributed by atoms with Gasteiger partial charge in [0.05, 0.1) is 0 Å². The molecule has 2 aromatic rings. The van der Waals surface area contributed by atoms with E-state index in [1.165, 1.54) is 41.8 Å². The van der Waals surface area contributed by atoms with Crippen molar-refractivity contribution < 1.29 is 0 Å². The molecular weight excluding hydrogens is 256 g/mol. The van der Waals surface area contributed by atoms with E-state index in [0.29, 0.717) is 0 Å². The molecule has 0 fully saturated rings. The Morgan fingerprint density at radius 1 is 0.556 bits per heavy atom. The largest absolute Gasteiger partial charge is 0.145 e. The van der Waals surface area contributed by atoms with E-state index in [1.54, 1.807) is 0 Å². The summed E-state index contributed by atoms with van der Waals surface area (Å²) in [4.78, 5) is 5.70. The molecule has 2 heteroatoms. The highest BCUT2D eigenvalue weighted by Crippen LogP contribution is 2.31. The van der Waals surface area contributed by atoms with Gasteiger partial charge in [-0.25, -0.2) is 0 Å². The topological polar surface area (TPSA) is 0 Å². The maximum atomic E-state index is 2.29. The second kappa shape index (κ2) is 5.02. The quantitative estimate of drug-likeness (QED) is 0.647. The Kier molecular flexibility index (Phi) is 3.79. The molecule has 0 saturated carbocycles. The predicted octanol–water partition coefficient (Wildman–Crippen LogP) is 5.83. The first kappa shape index (κ1) is 13.6. The number of hydrogen-bond donors (Lipinski definition) is 0. The molecule has 0 aliphatic carbocycles. The normalized spacial score (nSPS) is 11.7. The average Bonchev–Trinajstić information content (AvgIpc) is 2.67. The van der Waals surface area contributed by atoms with Gasteiger partial charge in [-0.15, -0.1) is 22.7 Å². The van der Waals surface area contributed by atoms with Crippen molar-refractivity contribution in [3.63, 3.8) is 0 Å². The van der Waals surface area contributed by atoms with Crippen LogP contribution in [-0.4, -0.2) is 0 Å². The van der Waals surface area contributed by atoms with Crippen LogP contribution in [0.1, 0.15) is 41.8 Å². The Bertz CT molecular complexity index is 555. The summed E-state index contributed by atoms with van der Waals surface area (Å²) < 4.78 is 0. The molecule has 0 unspecified atom stereocenters. The molecule has 0 amide bonds. The summed E-state index contributed by atoms with van der Waals surface area (Å²) in [7, 11) is 0. The molecular formula is C16H20S2. The SMILES string of the molecule is Cc1sc(C)c(/C=C\c2c(C)sc(C)c2C)c1C. The van der Waals surface area contributed by atoms with E-state index in [9.17, 15) is 0 Å². The van der Waals surface area contributed by atoms with Crippen molar-refractivity contribution in [3.05, 3.63) is 41.8 Å². The molecule has 0 spiro atoms. The smallest absolute Gasteiger partial charge is 0.00921 e. The zero-order valence-corrected chi connectivity index (χ0v) is 13.6. The molecule has 0 bridgehead atoms. The minimum atomic E-state index is 1.40. The van der Waals surface area contributed by atoms with E-state index in [0.717, 1.165) is 0 Å². The lowest BCUT2D eigenvalue weighted by Gasteiger charge is -1.97.